The Hall–Kier alpha value is -2.77. The molecule has 4 heterocycles. The minimum atomic E-state index is -3.30. The molecule has 1 N–H and O–H groups in total. The third-order valence-corrected chi connectivity index (χ3v) is 6.87. The van der Waals surface area contributed by atoms with Gasteiger partial charge < -0.3 is 4.98 Å². The van der Waals surface area contributed by atoms with Crippen LogP contribution in [0.15, 0.2) is 31.0 Å². The fraction of sp³-hybridized carbons (Fsp3) is 0.412. The Labute approximate surface area is 156 Å². The summed E-state index contributed by atoms with van der Waals surface area (Å²) in [4.78, 5) is 11.6. The van der Waals surface area contributed by atoms with Gasteiger partial charge in [0.1, 0.15) is 12.0 Å². The summed E-state index contributed by atoms with van der Waals surface area (Å²) in [7, 11) is -3.30. The van der Waals surface area contributed by atoms with Crippen LogP contribution in [0.2, 0.25) is 0 Å². The van der Waals surface area contributed by atoms with Gasteiger partial charge in [0.15, 0.2) is 0 Å². The highest BCUT2D eigenvalue weighted by molar-refractivity contribution is 7.89. The summed E-state index contributed by atoms with van der Waals surface area (Å²) in [5.41, 5.74) is 2.34. The summed E-state index contributed by atoms with van der Waals surface area (Å²) in [6.45, 7) is 2.30. The number of hydrogen-bond donors (Lipinski definition) is 1. The smallest absolute Gasteiger partial charge is 0.213 e. The number of hydrogen-bond acceptors (Lipinski definition) is 6. The number of rotatable bonds is 5. The number of aromatic nitrogens is 5. The van der Waals surface area contributed by atoms with E-state index in [-0.39, 0.29) is 24.1 Å². The van der Waals surface area contributed by atoms with Crippen molar-refractivity contribution in [1.29, 1.82) is 5.26 Å². The van der Waals surface area contributed by atoms with Gasteiger partial charge in [-0.3, -0.25) is 4.68 Å². The molecule has 0 aromatic carbocycles. The monoisotopic (exact) mass is 385 g/mol. The van der Waals surface area contributed by atoms with Crippen molar-refractivity contribution in [2.45, 2.75) is 19.4 Å². The molecule has 1 saturated heterocycles. The minimum absolute atomic E-state index is 0.0513. The highest BCUT2D eigenvalue weighted by Crippen LogP contribution is 2.33. The first-order chi connectivity index (χ1) is 13.0. The average Bonchev–Trinajstić information content (AvgIpc) is 3.40. The quantitative estimate of drug-likeness (QED) is 0.711. The second-order valence-corrected chi connectivity index (χ2v) is 8.84. The normalized spacial score (nSPS) is 20.9. The van der Waals surface area contributed by atoms with E-state index in [2.05, 4.69) is 26.1 Å². The van der Waals surface area contributed by atoms with E-state index in [1.807, 2.05) is 12.3 Å². The van der Waals surface area contributed by atoms with E-state index in [4.69, 9.17) is 5.26 Å². The molecule has 1 aliphatic rings. The van der Waals surface area contributed by atoms with E-state index in [9.17, 15) is 8.42 Å². The van der Waals surface area contributed by atoms with Crippen LogP contribution in [0.4, 0.5) is 0 Å². The lowest BCUT2D eigenvalue weighted by atomic mass is 10.0. The SMILES string of the molecule is CCS(=O)(=O)N1C[C@H](CC#N)[C@H](n2cc(-c3ncnc4[nH]ccc34)cn2)C1. The topological polar surface area (TPSA) is 121 Å². The lowest BCUT2D eigenvalue weighted by molar-refractivity contribution is 0.381. The standard InChI is InChI=1S/C17H19N7O2S/c1-2-27(25,26)23-8-12(3-5-18)15(10-23)24-9-13(7-22-24)16-14-4-6-19-17(14)21-11-20-16/h4,6-7,9,11-12,15H,2-3,8,10H2,1H3,(H,19,20,21)/t12-,15+/m0/s1. The maximum absolute atomic E-state index is 12.3. The van der Waals surface area contributed by atoms with Gasteiger partial charge in [-0.05, 0) is 13.0 Å². The molecule has 2 atom stereocenters. The summed E-state index contributed by atoms with van der Waals surface area (Å²) in [6, 6.07) is 3.90. The van der Waals surface area contributed by atoms with Crippen molar-refractivity contribution in [3.8, 4) is 17.3 Å². The molecule has 0 saturated carbocycles. The molecule has 0 unspecified atom stereocenters. The van der Waals surface area contributed by atoms with Crippen LogP contribution in [0.3, 0.4) is 0 Å². The van der Waals surface area contributed by atoms with Crippen LogP contribution in [0.5, 0.6) is 0 Å². The molecule has 9 nitrogen and oxygen atoms in total. The Balaban J connectivity index is 1.67. The highest BCUT2D eigenvalue weighted by Gasteiger charge is 2.39. The van der Waals surface area contributed by atoms with Gasteiger partial charge in [-0.25, -0.2) is 18.4 Å². The number of nitrogens with one attached hydrogen (secondary N) is 1. The van der Waals surface area contributed by atoms with Crippen LogP contribution >= 0.6 is 0 Å². The Morgan fingerprint density at radius 2 is 2.22 bits per heavy atom. The molecule has 0 radical (unpaired) electrons. The van der Waals surface area contributed by atoms with Crippen LogP contribution in [-0.2, 0) is 10.0 Å². The molecule has 10 heteroatoms. The van der Waals surface area contributed by atoms with E-state index in [0.29, 0.717) is 13.1 Å². The van der Waals surface area contributed by atoms with Gasteiger partial charge in [0.05, 0.1) is 29.8 Å². The number of aromatic amines is 1. The average molecular weight is 385 g/mol. The third-order valence-electron chi connectivity index (χ3n) is 5.05. The minimum Gasteiger partial charge on any atom is -0.346 e. The van der Waals surface area contributed by atoms with Crippen LogP contribution in [0, 0.1) is 17.2 Å². The first-order valence-electron chi connectivity index (χ1n) is 8.71. The predicted molar refractivity (Wildman–Crippen MR) is 98.9 cm³/mol. The molecule has 1 aliphatic heterocycles. The Bertz CT molecular complexity index is 1110. The summed E-state index contributed by atoms with van der Waals surface area (Å²) < 4.78 is 27.8. The molecular weight excluding hydrogens is 366 g/mol. The van der Waals surface area contributed by atoms with Crippen molar-refractivity contribution in [2.24, 2.45) is 5.92 Å². The molecule has 0 aliphatic carbocycles. The van der Waals surface area contributed by atoms with Crippen LogP contribution in [0.1, 0.15) is 19.4 Å². The molecule has 0 spiro atoms. The van der Waals surface area contributed by atoms with Crippen LogP contribution in [-0.4, -0.2) is 56.3 Å². The molecule has 140 valence electrons. The zero-order valence-electron chi connectivity index (χ0n) is 14.8. The van der Waals surface area contributed by atoms with Crippen molar-refractivity contribution in [3.05, 3.63) is 31.0 Å². The summed E-state index contributed by atoms with van der Waals surface area (Å²) >= 11 is 0. The summed E-state index contributed by atoms with van der Waals surface area (Å²) in [5, 5.41) is 14.5. The van der Waals surface area contributed by atoms with Crippen molar-refractivity contribution in [1.82, 2.24) is 29.0 Å². The largest absolute Gasteiger partial charge is 0.346 e. The highest BCUT2D eigenvalue weighted by atomic mass is 32.2. The van der Waals surface area contributed by atoms with Crippen molar-refractivity contribution >= 4 is 21.1 Å². The predicted octanol–water partition coefficient (Wildman–Crippen LogP) is 1.56. The summed E-state index contributed by atoms with van der Waals surface area (Å²) in [5.74, 6) is -0.0443. The molecular formula is C17H19N7O2S. The van der Waals surface area contributed by atoms with Crippen molar-refractivity contribution < 1.29 is 8.42 Å². The Morgan fingerprint density at radius 3 is 3.00 bits per heavy atom. The van der Waals surface area contributed by atoms with Gasteiger partial charge in [0, 0.05) is 48.8 Å². The number of nitrogens with zero attached hydrogens (tertiary/aromatic N) is 6. The van der Waals surface area contributed by atoms with Crippen molar-refractivity contribution in [3.63, 3.8) is 0 Å². The lowest BCUT2D eigenvalue weighted by Crippen LogP contribution is -2.30. The Kier molecular flexibility index (Phi) is 4.41. The molecule has 4 rings (SSSR count). The molecule has 27 heavy (non-hydrogen) atoms. The van der Waals surface area contributed by atoms with Gasteiger partial charge >= 0.3 is 0 Å². The van der Waals surface area contributed by atoms with Gasteiger partial charge in [-0.2, -0.15) is 14.7 Å². The number of H-pyrrole nitrogens is 1. The number of nitriles is 1. The fourth-order valence-electron chi connectivity index (χ4n) is 3.59. The molecule has 3 aromatic rings. The molecule has 1 fully saturated rings. The first kappa shape index (κ1) is 17.6. The summed E-state index contributed by atoms with van der Waals surface area (Å²) in [6.07, 6.45) is 7.17. The van der Waals surface area contributed by atoms with Gasteiger partial charge in [-0.15, -0.1) is 0 Å². The third kappa shape index (κ3) is 3.09. The van der Waals surface area contributed by atoms with E-state index < -0.39 is 10.0 Å². The second kappa shape index (κ2) is 6.75. The molecule has 0 bridgehead atoms. The van der Waals surface area contributed by atoms with E-state index >= 15 is 0 Å². The van der Waals surface area contributed by atoms with E-state index in [0.717, 1.165) is 22.3 Å². The lowest BCUT2D eigenvalue weighted by Gasteiger charge is -2.16. The number of sulfonamides is 1. The van der Waals surface area contributed by atoms with Gasteiger partial charge in [0.2, 0.25) is 10.0 Å². The van der Waals surface area contributed by atoms with Gasteiger partial charge in [-0.1, -0.05) is 0 Å². The van der Waals surface area contributed by atoms with Crippen LogP contribution in [0.25, 0.3) is 22.3 Å². The van der Waals surface area contributed by atoms with E-state index in [1.54, 1.807) is 24.0 Å². The zero-order valence-corrected chi connectivity index (χ0v) is 15.6. The zero-order chi connectivity index (χ0) is 19.0. The van der Waals surface area contributed by atoms with Crippen molar-refractivity contribution in [2.75, 3.05) is 18.8 Å². The first-order valence-corrected chi connectivity index (χ1v) is 10.3. The fourth-order valence-corrected chi connectivity index (χ4v) is 4.75. The number of fused-ring (bicyclic) bond motifs is 1. The maximum Gasteiger partial charge on any atom is 0.213 e. The van der Waals surface area contributed by atoms with Gasteiger partial charge in [0.25, 0.3) is 0 Å². The van der Waals surface area contributed by atoms with Crippen LogP contribution < -0.4 is 0 Å². The Morgan fingerprint density at radius 1 is 1.37 bits per heavy atom. The van der Waals surface area contributed by atoms with E-state index in [1.165, 1.54) is 10.6 Å². The molecule has 3 aromatic heterocycles. The second-order valence-electron chi connectivity index (χ2n) is 6.58. The molecule has 0 amide bonds. The maximum atomic E-state index is 12.3.